The molecule has 8 nitrogen and oxygen atoms in total. The van der Waals surface area contributed by atoms with Crippen molar-refractivity contribution in [2.45, 2.75) is 28.9 Å². The Balaban J connectivity index is 2.15. The van der Waals surface area contributed by atoms with Crippen LogP contribution < -0.4 is 9.47 Å². The van der Waals surface area contributed by atoms with E-state index < -0.39 is 37.6 Å². The Bertz CT molecular complexity index is 1170. The number of benzene rings is 2. The molecule has 2 aromatic carbocycles. The van der Waals surface area contributed by atoms with Gasteiger partial charge in [-0.1, -0.05) is 30.1 Å². The van der Waals surface area contributed by atoms with Crippen LogP contribution >= 0.6 is 34.8 Å². The van der Waals surface area contributed by atoms with Gasteiger partial charge in [0.2, 0.25) is 9.84 Å². The number of hydrogen-bond donors (Lipinski definition) is 2. The fraction of sp³-hybridized carbons (Fsp3) is 0.400. The van der Waals surface area contributed by atoms with Crippen molar-refractivity contribution in [1.29, 1.82) is 0 Å². The topological polar surface area (TPSA) is 127 Å². The van der Waals surface area contributed by atoms with Crippen LogP contribution in [0.1, 0.15) is 6.92 Å². The largest absolute Gasteiger partial charge is 0.489 e. The monoisotopic (exact) mass is 560 g/mol. The van der Waals surface area contributed by atoms with E-state index in [0.29, 0.717) is 0 Å². The zero-order chi connectivity index (χ0) is 24.8. The van der Waals surface area contributed by atoms with Crippen LogP contribution in [-0.2, 0) is 19.7 Å². The normalized spacial score (nSPS) is 14.0. The molecule has 2 rings (SSSR count). The minimum absolute atomic E-state index is 0.0264. The molecule has 33 heavy (non-hydrogen) atoms. The first kappa shape index (κ1) is 28.0. The summed E-state index contributed by atoms with van der Waals surface area (Å²) in [4.78, 5) is -0.237. The summed E-state index contributed by atoms with van der Waals surface area (Å²) in [6.07, 6.45) is -2.16. The summed E-state index contributed by atoms with van der Waals surface area (Å²) < 4.78 is 59.7. The number of rotatable bonds is 12. The van der Waals surface area contributed by atoms with Crippen LogP contribution in [0.25, 0.3) is 0 Å². The Morgan fingerprint density at radius 1 is 0.848 bits per heavy atom. The van der Waals surface area contributed by atoms with Gasteiger partial charge in [0.25, 0.3) is 0 Å². The first-order chi connectivity index (χ1) is 15.4. The molecule has 2 N–H and O–H groups in total. The third kappa shape index (κ3) is 7.88. The Morgan fingerprint density at radius 3 is 1.70 bits per heavy atom. The van der Waals surface area contributed by atoms with E-state index in [4.69, 9.17) is 44.3 Å². The molecular weight excluding hydrogens is 539 g/mol. The molecule has 184 valence electrons. The van der Waals surface area contributed by atoms with E-state index in [2.05, 4.69) is 0 Å². The average Bonchev–Trinajstić information content (AvgIpc) is 2.76. The number of ether oxygens (including phenoxy) is 2. The molecule has 0 saturated carbocycles. The second-order valence-corrected chi connectivity index (χ2v) is 12.4. The van der Waals surface area contributed by atoms with Crippen molar-refractivity contribution in [3.63, 3.8) is 0 Å². The van der Waals surface area contributed by atoms with Gasteiger partial charge in [0, 0.05) is 5.75 Å². The Morgan fingerprint density at radius 2 is 1.30 bits per heavy atom. The van der Waals surface area contributed by atoms with Gasteiger partial charge in [-0.2, -0.15) is 0 Å². The fourth-order valence-corrected chi connectivity index (χ4v) is 5.46. The van der Waals surface area contributed by atoms with Crippen LogP contribution in [-0.4, -0.2) is 69.9 Å². The summed E-state index contributed by atoms with van der Waals surface area (Å²) in [6, 6.07) is 7.62. The predicted octanol–water partition coefficient (Wildman–Crippen LogP) is 2.98. The van der Waals surface area contributed by atoms with Crippen molar-refractivity contribution >= 4 is 54.5 Å². The number of sulfone groups is 2. The molecular formula is C20H23Cl3O8S2. The molecule has 0 heterocycles. The maximum absolute atomic E-state index is 13.0. The van der Waals surface area contributed by atoms with Gasteiger partial charge in [0.15, 0.2) is 9.84 Å². The third-order valence-corrected chi connectivity index (χ3v) is 8.82. The molecule has 0 fully saturated rings. The van der Waals surface area contributed by atoms with Gasteiger partial charge in [-0.05, 0) is 36.4 Å². The van der Waals surface area contributed by atoms with Crippen molar-refractivity contribution in [3.05, 3.63) is 46.4 Å². The molecule has 0 aliphatic carbocycles. The van der Waals surface area contributed by atoms with Crippen LogP contribution in [0.3, 0.4) is 0 Å². The second-order valence-electron chi connectivity index (χ2n) is 6.97. The van der Waals surface area contributed by atoms with E-state index in [-0.39, 0.29) is 56.2 Å². The lowest BCUT2D eigenvalue weighted by molar-refractivity contribution is 0.125. The molecule has 2 aromatic rings. The highest BCUT2D eigenvalue weighted by Crippen LogP contribution is 2.33. The highest BCUT2D eigenvalue weighted by atomic mass is 35.5. The molecule has 0 aromatic heterocycles. The number of aliphatic hydroxyl groups is 2. The van der Waals surface area contributed by atoms with Gasteiger partial charge < -0.3 is 19.7 Å². The van der Waals surface area contributed by atoms with Gasteiger partial charge in [-0.25, -0.2) is 16.8 Å². The van der Waals surface area contributed by atoms with Crippen molar-refractivity contribution in [3.8, 4) is 11.5 Å². The van der Waals surface area contributed by atoms with Crippen molar-refractivity contribution in [2.75, 3.05) is 30.6 Å². The van der Waals surface area contributed by atoms with Gasteiger partial charge in [-0.3, -0.25) is 0 Å². The molecule has 0 bridgehead atoms. The Labute approximate surface area is 207 Å². The highest BCUT2D eigenvalue weighted by molar-refractivity contribution is 7.91. The summed E-state index contributed by atoms with van der Waals surface area (Å²) in [7, 11) is -7.38. The van der Waals surface area contributed by atoms with Crippen LogP contribution in [0.2, 0.25) is 10.0 Å². The maximum atomic E-state index is 13.0. The summed E-state index contributed by atoms with van der Waals surface area (Å²) in [5, 5.41) is 19.3. The van der Waals surface area contributed by atoms with E-state index in [9.17, 15) is 27.0 Å². The minimum Gasteiger partial charge on any atom is -0.489 e. The molecule has 0 radical (unpaired) electrons. The van der Waals surface area contributed by atoms with Gasteiger partial charge >= 0.3 is 0 Å². The summed E-state index contributed by atoms with van der Waals surface area (Å²) in [5.41, 5.74) is 0. The number of aliphatic hydroxyl groups excluding tert-OH is 2. The molecule has 0 aliphatic rings. The SMILES string of the molecule is CCS(=O)(=O)C[C@H](O)COc1ccc(S(=O)(=O)c2ccc(OC[C@@H](O)CCl)c(Cl)c2)cc1Cl. The highest BCUT2D eigenvalue weighted by Gasteiger charge is 2.22. The van der Waals surface area contributed by atoms with Crippen molar-refractivity contribution in [1.82, 2.24) is 0 Å². The third-order valence-electron chi connectivity index (χ3n) is 4.35. The zero-order valence-electron chi connectivity index (χ0n) is 17.4. The lowest BCUT2D eigenvalue weighted by Crippen LogP contribution is -2.28. The quantitative estimate of drug-likeness (QED) is 0.379. The lowest BCUT2D eigenvalue weighted by Gasteiger charge is -2.14. The van der Waals surface area contributed by atoms with E-state index in [0.717, 1.165) is 0 Å². The molecule has 0 spiro atoms. The first-order valence-electron chi connectivity index (χ1n) is 9.62. The number of hydrogen-bond acceptors (Lipinski definition) is 8. The van der Waals surface area contributed by atoms with Crippen LogP contribution in [0.4, 0.5) is 0 Å². The Kier molecular flexibility index (Phi) is 10.1. The molecule has 13 heteroatoms. The minimum atomic E-state index is -3.99. The standard InChI is InChI=1S/C20H23Cl3O8S2/c1-2-32(26,27)12-14(25)11-31-20-6-4-16(8-18(20)23)33(28,29)15-3-5-19(17(22)7-15)30-10-13(24)9-21/h3-8,13-14,24-25H,2,9-12H2,1H3/t13-,14+/m0/s1. The van der Waals surface area contributed by atoms with Gasteiger partial charge in [0.1, 0.15) is 36.9 Å². The van der Waals surface area contributed by atoms with E-state index in [1.54, 1.807) is 0 Å². The Hall–Kier alpha value is -1.27. The molecule has 0 amide bonds. The molecule has 0 saturated heterocycles. The van der Waals surface area contributed by atoms with E-state index in [1.165, 1.54) is 43.3 Å². The van der Waals surface area contributed by atoms with Crippen molar-refractivity contribution in [2.24, 2.45) is 0 Å². The van der Waals surface area contributed by atoms with Gasteiger partial charge in [-0.15, -0.1) is 11.6 Å². The van der Waals surface area contributed by atoms with Gasteiger partial charge in [0.05, 0.1) is 31.5 Å². The van der Waals surface area contributed by atoms with Crippen LogP contribution in [0.5, 0.6) is 11.5 Å². The summed E-state index contributed by atoms with van der Waals surface area (Å²) >= 11 is 17.8. The zero-order valence-corrected chi connectivity index (χ0v) is 21.3. The van der Waals surface area contributed by atoms with Crippen molar-refractivity contribution < 1.29 is 36.5 Å². The predicted molar refractivity (Wildman–Crippen MR) is 126 cm³/mol. The maximum Gasteiger partial charge on any atom is 0.206 e. The molecule has 0 unspecified atom stereocenters. The van der Waals surface area contributed by atoms with Crippen LogP contribution in [0, 0.1) is 0 Å². The summed E-state index contributed by atoms with van der Waals surface area (Å²) in [6.45, 7) is 1.03. The summed E-state index contributed by atoms with van der Waals surface area (Å²) in [5.74, 6) is -0.321. The molecule has 2 atom stereocenters. The molecule has 0 aliphatic heterocycles. The fourth-order valence-electron chi connectivity index (χ4n) is 2.54. The van der Waals surface area contributed by atoms with E-state index >= 15 is 0 Å². The van der Waals surface area contributed by atoms with Crippen LogP contribution in [0.15, 0.2) is 46.2 Å². The number of halogens is 3. The average molecular weight is 562 g/mol. The lowest BCUT2D eigenvalue weighted by atomic mass is 10.3. The first-order valence-corrected chi connectivity index (χ1v) is 14.2. The number of alkyl halides is 1. The van der Waals surface area contributed by atoms with E-state index in [1.807, 2.05) is 0 Å². The smallest absolute Gasteiger partial charge is 0.206 e. The second kappa shape index (κ2) is 11.9.